The van der Waals surface area contributed by atoms with Crippen molar-refractivity contribution in [1.29, 1.82) is 0 Å². The van der Waals surface area contributed by atoms with Crippen LogP contribution < -0.4 is 10.6 Å². The number of amides is 1. The number of fused-ring (bicyclic) bond motifs is 1. The van der Waals surface area contributed by atoms with E-state index in [1.165, 1.54) is 0 Å². The molecule has 2 aliphatic rings. The van der Waals surface area contributed by atoms with E-state index in [1.807, 2.05) is 10.7 Å². The maximum atomic E-state index is 12.3. The van der Waals surface area contributed by atoms with E-state index in [4.69, 9.17) is 20.2 Å². The Morgan fingerprint density at radius 2 is 2.13 bits per heavy atom. The summed E-state index contributed by atoms with van der Waals surface area (Å²) < 4.78 is 13.4. The first-order chi connectivity index (χ1) is 15.1. The summed E-state index contributed by atoms with van der Waals surface area (Å²) in [5, 5.41) is 5.19. The van der Waals surface area contributed by atoms with Crippen LogP contribution in [-0.2, 0) is 9.47 Å². The van der Waals surface area contributed by atoms with E-state index in [2.05, 4.69) is 21.9 Å². The number of carbonyl (C=O) groups excluding carboxylic acids is 1. The van der Waals surface area contributed by atoms with Crippen molar-refractivity contribution in [3.8, 4) is 11.4 Å². The average Bonchev–Trinajstić information content (AvgIpc) is 3.28. The predicted octanol–water partition coefficient (Wildman–Crippen LogP) is 2.52. The maximum Gasteiger partial charge on any atom is 0.249 e. The molecule has 1 amide bonds. The molecule has 2 N–H and O–H groups in total. The van der Waals surface area contributed by atoms with Crippen molar-refractivity contribution in [2.24, 2.45) is 5.73 Å². The van der Waals surface area contributed by atoms with Crippen LogP contribution in [0.2, 0.25) is 0 Å². The Morgan fingerprint density at radius 1 is 1.23 bits per heavy atom. The summed E-state index contributed by atoms with van der Waals surface area (Å²) in [6.45, 7) is 4.71. The van der Waals surface area contributed by atoms with Gasteiger partial charge in [0.15, 0.2) is 6.23 Å². The van der Waals surface area contributed by atoms with Crippen LogP contribution in [0, 0.1) is 0 Å². The minimum absolute atomic E-state index is 0.131. The molecular formula is C22H26N6O3. The van der Waals surface area contributed by atoms with Crippen LogP contribution in [0.15, 0.2) is 30.6 Å². The number of nitrogens with zero attached hydrogens (tertiary/aromatic N) is 5. The molecule has 5 heterocycles. The highest BCUT2D eigenvalue weighted by atomic mass is 16.5. The molecule has 3 aromatic rings. The molecule has 2 fully saturated rings. The van der Waals surface area contributed by atoms with Crippen LogP contribution >= 0.6 is 0 Å². The van der Waals surface area contributed by atoms with E-state index in [-0.39, 0.29) is 12.3 Å². The van der Waals surface area contributed by atoms with Gasteiger partial charge in [-0.1, -0.05) is 0 Å². The van der Waals surface area contributed by atoms with E-state index in [0.717, 1.165) is 31.6 Å². The molecule has 0 saturated carbocycles. The van der Waals surface area contributed by atoms with Gasteiger partial charge in [0.1, 0.15) is 17.0 Å². The second kappa shape index (κ2) is 8.24. The number of primary amides is 1. The molecule has 0 bridgehead atoms. The standard InChI is InChI=1S/C22H26N6O3/c1-14-13-30-11-9-27(14)18-12-16(22(23)29)15-5-7-24-21(20(15)26-18)17-6-8-25-28(17)19-4-2-3-10-31-19/h5-8,12,14,19H,2-4,9-11,13H2,1H3,(H2,23,29)/t14-,19?/m1/s1. The Balaban J connectivity index is 1.68. The summed E-state index contributed by atoms with van der Waals surface area (Å²) in [5.41, 5.74) is 8.30. The molecule has 5 rings (SSSR count). The lowest BCUT2D eigenvalue weighted by molar-refractivity contribution is -0.0383. The summed E-state index contributed by atoms with van der Waals surface area (Å²) in [7, 11) is 0. The lowest BCUT2D eigenvalue weighted by Gasteiger charge is -2.34. The number of nitrogens with two attached hydrogens (primary N) is 1. The zero-order valence-electron chi connectivity index (χ0n) is 17.5. The first-order valence-electron chi connectivity index (χ1n) is 10.7. The zero-order chi connectivity index (χ0) is 21.4. The molecule has 2 atom stereocenters. The van der Waals surface area contributed by atoms with Crippen LogP contribution in [0.25, 0.3) is 22.3 Å². The molecule has 1 unspecified atom stereocenters. The minimum Gasteiger partial charge on any atom is -0.377 e. The van der Waals surface area contributed by atoms with Gasteiger partial charge < -0.3 is 20.1 Å². The Bertz CT molecular complexity index is 1110. The number of anilines is 1. The fraction of sp³-hybridized carbons (Fsp3) is 0.455. The first kappa shape index (κ1) is 19.9. The van der Waals surface area contributed by atoms with E-state index < -0.39 is 5.91 Å². The van der Waals surface area contributed by atoms with Gasteiger partial charge in [-0.25, -0.2) is 9.67 Å². The van der Waals surface area contributed by atoms with Crippen molar-refractivity contribution in [2.45, 2.75) is 38.5 Å². The highest BCUT2D eigenvalue weighted by Gasteiger charge is 2.25. The SMILES string of the molecule is C[C@@H]1COCCN1c1cc(C(N)=O)c2ccnc(-c3ccnn3C3CCCCO3)c2n1. The van der Waals surface area contributed by atoms with Gasteiger partial charge in [0, 0.05) is 30.9 Å². The van der Waals surface area contributed by atoms with Crippen LogP contribution in [0.5, 0.6) is 0 Å². The second-order valence-electron chi connectivity index (χ2n) is 8.05. The Kier molecular flexibility index (Phi) is 5.29. The lowest BCUT2D eigenvalue weighted by atomic mass is 10.1. The molecule has 0 aromatic carbocycles. The summed E-state index contributed by atoms with van der Waals surface area (Å²) >= 11 is 0. The number of hydrogen-bond acceptors (Lipinski definition) is 7. The number of morpholine rings is 1. The predicted molar refractivity (Wildman–Crippen MR) is 116 cm³/mol. The molecule has 2 aliphatic heterocycles. The Hall–Kier alpha value is -3.04. The molecule has 9 nitrogen and oxygen atoms in total. The van der Waals surface area contributed by atoms with Crippen LogP contribution in [-0.4, -0.2) is 58.1 Å². The highest BCUT2D eigenvalue weighted by Crippen LogP contribution is 2.33. The van der Waals surface area contributed by atoms with E-state index >= 15 is 0 Å². The van der Waals surface area contributed by atoms with Crippen LogP contribution in [0.4, 0.5) is 5.82 Å². The summed E-state index contributed by atoms with van der Waals surface area (Å²) in [6.07, 6.45) is 6.35. The number of pyridine rings is 2. The van der Waals surface area contributed by atoms with Gasteiger partial charge in [0.25, 0.3) is 0 Å². The van der Waals surface area contributed by atoms with Gasteiger partial charge in [-0.15, -0.1) is 0 Å². The van der Waals surface area contributed by atoms with Crippen LogP contribution in [0.1, 0.15) is 42.8 Å². The van der Waals surface area contributed by atoms with E-state index in [1.54, 1.807) is 24.5 Å². The molecule has 9 heteroatoms. The van der Waals surface area contributed by atoms with Gasteiger partial charge in [0.05, 0.1) is 30.5 Å². The molecule has 0 radical (unpaired) electrons. The number of rotatable bonds is 4. The fourth-order valence-electron chi connectivity index (χ4n) is 4.39. The molecule has 0 aliphatic carbocycles. The van der Waals surface area contributed by atoms with Crippen LogP contribution in [0.3, 0.4) is 0 Å². The van der Waals surface area contributed by atoms with E-state index in [0.29, 0.717) is 47.7 Å². The smallest absolute Gasteiger partial charge is 0.249 e. The Morgan fingerprint density at radius 3 is 2.90 bits per heavy atom. The normalized spacial score (nSPS) is 22.0. The third-order valence-corrected chi connectivity index (χ3v) is 5.98. The molecule has 3 aromatic heterocycles. The summed E-state index contributed by atoms with van der Waals surface area (Å²) in [5.74, 6) is 0.210. The molecular weight excluding hydrogens is 396 g/mol. The van der Waals surface area contributed by atoms with Crippen molar-refractivity contribution in [2.75, 3.05) is 31.3 Å². The molecule has 0 spiro atoms. The van der Waals surface area contributed by atoms with Gasteiger partial charge in [-0.2, -0.15) is 5.10 Å². The number of hydrogen-bond donors (Lipinski definition) is 1. The van der Waals surface area contributed by atoms with Crippen molar-refractivity contribution in [1.82, 2.24) is 19.7 Å². The van der Waals surface area contributed by atoms with Gasteiger partial charge in [0.2, 0.25) is 5.91 Å². The first-order valence-corrected chi connectivity index (χ1v) is 10.7. The van der Waals surface area contributed by atoms with Gasteiger partial charge in [-0.05, 0) is 44.4 Å². The molecule has 2 saturated heterocycles. The summed E-state index contributed by atoms with van der Waals surface area (Å²) in [4.78, 5) is 24.1. The molecule has 162 valence electrons. The van der Waals surface area contributed by atoms with Crippen molar-refractivity contribution < 1.29 is 14.3 Å². The van der Waals surface area contributed by atoms with Crippen molar-refractivity contribution in [3.05, 3.63) is 36.2 Å². The third kappa shape index (κ3) is 3.64. The quantitative estimate of drug-likeness (QED) is 0.688. The number of aromatic nitrogens is 4. The number of carbonyl (C=O) groups is 1. The largest absolute Gasteiger partial charge is 0.377 e. The van der Waals surface area contributed by atoms with Crippen molar-refractivity contribution in [3.63, 3.8) is 0 Å². The average molecular weight is 422 g/mol. The maximum absolute atomic E-state index is 12.3. The lowest BCUT2D eigenvalue weighted by Crippen LogP contribution is -2.44. The topological polar surface area (TPSA) is 108 Å². The minimum atomic E-state index is -0.490. The molecule has 31 heavy (non-hydrogen) atoms. The van der Waals surface area contributed by atoms with Crippen molar-refractivity contribution >= 4 is 22.6 Å². The highest BCUT2D eigenvalue weighted by molar-refractivity contribution is 6.08. The zero-order valence-corrected chi connectivity index (χ0v) is 17.5. The number of ether oxygens (including phenoxy) is 2. The fourth-order valence-corrected chi connectivity index (χ4v) is 4.39. The summed E-state index contributed by atoms with van der Waals surface area (Å²) in [6, 6.07) is 5.62. The monoisotopic (exact) mass is 422 g/mol. The second-order valence-corrected chi connectivity index (χ2v) is 8.05. The Labute approximate surface area is 180 Å². The third-order valence-electron chi connectivity index (χ3n) is 5.98. The van der Waals surface area contributed by atoms with Gasteiger partial charge in [-0.3, -0.25) is 9.78 Å². The van der Waals surface area contributed by atoms with E-state index in [9.17, 15) is 4.79 Å². The van der Waals surface area contributed by atoms with Gasteiger partial charge >= 0.3 is 0 Å².